The van der Waals surface area contributed by atoms with Gasteiger partial charge in [-0.05, 0) is 25.7 Å². The highest BCUT2D eigenvalue weighted by Crippen LogP contribution is 2.08. The van der Waals surface area contributed by atoms with Gasteiger partial charge in [-0.3, -0.25) is 4.79 Å². The lowest BCUT2D eigenvalue weighted by atomic mass is 10.1. The van der Waals surface area contributed by atoms with E-state index < -0.39 is 0 Å². The van der Waals surface area contributed by atoms with E-state index in [1.807, 2.05) is 0 Å². The van der Waals surface area contributed by atoms with Gasteiger partial charge in [0, 0.05) is 13.0 Å². The van der Waals surface area contributed by atoms with Gasteiger partial charge in [0.2, 0.25) is 0 Å². The van der Waals surface area contributed by atoms with E-state index in [1.54, 1.807) is 0 Å². The largest absolute Gasteiger partial charge is 0.469 e. The van der Waals surface area contributed by atoms with Crippen molar-refractivity contribution in [3.8, 4) is 0 Å². The standard InChI is InChI=1S/C10H20O4/c1-14-10(13)7-3-2-5-9(12)6-4-8-11/h9,11-12H,2-8H2,1H3/t9-/m0/s1. The fourth-order valence-electron chi connectivity index (χ4n) is 1.22. The SMILES string of the molecule is COC(=O)CCCC[C@H](O)CCCO. The third-order valence-corrected chi connectivity index (χ3v) is 2.09. The molecule has 0 aliphatic carbocycles. The van der Waals surface area contributed by atoms with Crippen molar-refractivity contribution < 1.29 is 19.7 Å². The lowest BCUT2D eigenvalue weighted by molar-refractivity contribution is -0.140. The zero-order chi connectivity index (χ0) is 10.8. The Hall–Kier alpha value is -0.610. The van der Waals surface area contributed by atoms with Crippen molar-refractivity contribution in [2.24, 2.45) is 0 Å². The van der Waals surface area contributed by atoms with Gasteiger partial charge in [-0.15, -0.1) is 0 Å². The fourth-order valence-corrected chi connectivity index (χ4v) is 1.22. The van der Waals surface area contributed by atoms with Crippen LogP contribution >= 0.6 is 0 Å². The minimum Gasteiger partial charge on any atom is -0.469 e. The van der Waals surface area contributed by atoms with Gasteiger partial charge in [-0.2, -0.15) is 0 Å². The molecule has 0 amide bonds. The Morgan fingerprint density at radius 1 is 1.29 bits per heavy atom. The van der Waals surface area contributed by atoms with Gasteiger partial charge in [-0.1, -0.05) is 6.42 Å². The summed E-state index contributed by atoms with van der Waals surface area (Å²) in [7, 11) is 1.37. The van der Waals surface area contributed by atoms with Crippen LogP contribution in [0.4, 0.5) is 0 Å². The van der Waals surface area contributed by atoms with Crippen molar-refractivity contribution in [2.45, 2.75) is 44.6 Å². The molecular weight excluding hydrogens is 184 g/mol. The third kappa shape index (κ3) is 8.01. The predicted octanol–water partition coefficient (Wildman–Crippen LogP) is 0.853. The summed E-state index contributed by atoms with van der Waals surface area (Å²) in [6.07, 6.45) is 3.61. The molecular formula is C10H20O4. The summed E-state index contributed by atoms with van der Waals surface area (Å²) in [6.45, 7) is 0.124. The van der Waals surface area contributed by atoms with Crippen LogP contribution < -0.4 is 0 Å². The molecule has 84 valence electrons. The lowest BCUT2D eigenvalue weighted by Crippen LogP contribution is -2.07. The molecule has 0 fully saturated rings. The highest BCUT2D eigenvalue weighted by atomic mass is 16.5. The average Bonchev–Trinajstić information content (AvgIpc) is 2.21. The number of methoxy groups -OCH3 is 1. The molecule has 0 aliphatic heterocycles. The molecule has 4 nitrogen and oxygen atoms in total. The first-order valence-corrected chi connectivity index (χ1v) is 5.06. The molecule has 0 unspecified atom stereocenters. The van der Waals surface area contributed by atoms with E-state index in [1.165, 1.54) is 7.11 Å². The highest BCUT2D eigenvalue weighted by molar-refractivity contribution is 5.68. The second-order valence-corrected chi connectivity index (χ2v) is 3.34. The second kappa shape index (κ2) is 8.97. The first-order chi connectivity index (χ1) is 6.70. The Balaban J connectivity index is 3.22. The van der Waals surface area contributed by atoms with E-state index in [9.17, 15) is 9.90 Å². The molecule has 1 atom stereocenters. The second-order valence-electron chi connectivity index (χ2n) is 3.34. The van der Waals surface area contributed by atoms with Crippen LogP contribution in [0.2, 0.25) is 0 Å². The van der Waals surface area contributed by atoms with E-state index in [0.717, 1.165) is 12.8 Å². The van der Waals surface area contributed by atoms with E-state index in [2.05, 4.69) is 4.74 Å². The van der Waals surface area contributed by atoms with Crippen LogP contribution in [0, 0.1) is 0 Å². The number of ether oxygens (including phenoxy) is 1. The molecule has 0 bridgehead atoms. The number of carbonyl (C=O) groups excluding carboxylic acids is 1. The van der Waals surface area contributed by atoms with E-state index in [4.69, 9.17) is 5.11 Å². The molecule has 2 N–H and O–H groups in total. The highest BCUT2D eigenvalue weighted by Gasteiger charge is 2.04. The number of aliphatic hydroxyl groups excluding tert-OH is 2. The summed E-state index contributed by atoms with van der Waals surface area (Å²) < 4.78 is 4.49. The predicted molar refractivity (Wildman–Crippen MR) is 52.8 cm³/mol. The Morgan fingerprint density at radius 2 is 1.93 bits per heavy atom. The van der Waals surface area contributed by atoms with Crippen molar-refractivity contribution in [2.75, 3.05) is 13.7 Å². The smallest absolute Gasteiger partial charge is 0.305 e. The maximum Gasteiger partial charge on any atom is 0.305 e. The maximum atomic E-state index is 10.7. The molecule has 0 saturated carbocycles. The molecule has 0 saturated heterocycles. The van der Waals surface area contributed by atoms with Gasteiger partial charge < -0.3 is 14.9 Å². The molecule has 0 heterocycles. The van der Waals surface area contributed by atoms with Gasteiger partial charge in [0.15, 0.2) is 0 Å². The average molecular weight is 204 g/mol. The van der Waals surface area contributed by atoms with Crippen LogP contribution in [0.25, 0.3) is 0 Å². The third-order valence-electron chi connectivity index (χ3n) is 2.09. The zero-order valence-corrected chi connectivity index (χ0v) is 8.74. The monoisotopic (exact) mass is 204 g/mol. The van der Waals surface area contributed by atoms with E-state index >= 15 is 0 Å². The lowest BCUT2D eigenvalue weighted by Gasteiger charge is -2.08. The van der Waals surface area contributed by atoms with Crippen molar-refractivity contribution in [1.29, 1.82) is 0 Å². The number of esters is 1. The molecule has 14 heavy (non-hydrogen) atoms. The first-order valence-electron chi connectivity index (χ1n) is 5.06. The van der Waals surface area contributed by atoms with Gasteiger partial charge >= 0.3 is 5.97 Å². The van der Waals surface area contributed by atoms with Gasteiger partial charge in [0.05, 0.1) is 13.2 Å². The summed E-state index contributed by atoms with van der Waals surface area (Å²) in [5, 5.41) is 17.9. The van der Waals surface area contributed by atoms with Crippen LogP contribution in [0.15, 0.2) is 0 Å². The minimum absolute atomic E-state index is 0.124. The van der Waals surface area contributed by atoms with Crippen LogP contribution in [0.5, 0.6) is 0 Å². The number of carbonyl (C=O) groups is 1. The molecule has 0 aromatic rings. The maximum absolute atomic E-state index is 10.7. The van der Waals surface area contributed by atoms with Crippen molar-refractivity contribution in [3.63, 3.8) is 0 Å². The number of hydrogen-bond acceptors (Lipinski definition) is 4. The molecule has 0 radical (unpaired) electrons. The number of hydrogen-bond donors (Lipinski definition) is 2. The molecule has 0 aromatic carbocycles. The Labute approximate surface area is 84.9 Å². The normalized spacial score (nSPS) is 12.5. The summed E-state index contributed by atoms with van der Waals surface area (Å²) in [5.41, 5.74) is 0. The first kappa shape index (κ1) is 13.4. The summed E-state index contributed by atoms with van der Waals surface area (Å²) in [5.74, 6) is -0.199. The number of unbranched alkanes of at least 4 members (excludes halogenated alkanes) is 1. The van der Waals surface area contributed by atoms with Crippen molar-refractivity contribution in [1.82, 2.24) is 0 Å². The van der Waals surface area contributed by atoms with Crippen LogP contribution in [0.3, 0.4) is 0 Å². The molecule has 0 rings (SSSR count). The topological polar surface area (TPSA) is 66.8 Å². The number of rotatable bonds is 8. The van der Waals surface area contributed by atoms with Gasteiger partial charge in [-0.25, -0.2) is 0 Å². The van der Waals surface area contributed by atoms with Crippen LogP contribution in [0.1, 0.15) is 38.5 Å². The Kier molecular flexibility index (Phi) is 8.57. The number of aliphatic hydroxyl groups is 2. The summed E-state index contributed by atoms with van der Waals surface area (Å²) >= 11 is 0. The Morgan fingerprint density at radius 3 is 2.50 bits per heavy atom. The minimum atomic E-state index is -0.347. The van der Waals surface area contributed by atoms with Crippen LogP contribution in [-0.4, -0.2) is 36.0 Å². The zero-order valence-electron chi connectivity index (χ0n) is 8.74. The van der Waals surface area contributed by atoms with Gasteiger partial charge in [0.1, 0.15) is 0 Å². The molecule has 0 spiro atoms. The van der Waals surface area contributed by atoms with Gasteiger partial charge in [0.25, 0.3) is 0 Å². The van der Waals surface area contributed by atoms with E-state index in [0.29, 0.717) is 25.7 Å². The Bertz CT molecular complexity index is 147. The van der Waals surface area contributed by atoms with Crippen molar-refractivity contribution >= 4 is 5.97 Å². The quantitative estimate of drug-likeness (QED) is 0.454. The van der Waals surface area contributed by atoms with Crippen molar-refractivity contribution in [3.05, 3.63) is 0 Å². The van der Waals surface area contributed by atoms with E-state index in [-0.39, 0.29) is 18.7 Å². The molecule has 0 aromatic heterocycles. The van der Waals surface area contributed by atoms with Crippen LogP contribution in [-0.2, 0) is 9.53 Å². The molecule has 4 heteroatoms. The fraction of sp³-hybridized carbons (Fsp3) is 0.900. The summed E-state index contributed by atoms with van der Waals surface area (Å²) in [6, 6.07) is 0. The molecule has 0 aliphatic rings. The summed E-state index contributed by atoms with van der Waals surface area (Å²) in [4.78, 5) is 10.7.